The Balaban J connectivity index is 0.000000527. The van der Waals surface area contributed by atoms with E-state index in [1.165, 1.54) is 41.5 Å². The second-order valence-corrected chi connectivity index (χ2v) is 10.5. The largest absolute Gasteiger partial charge is 0.381 e. The molecule has 1 amide bonds. The van der Waals surface area contributed by atoms with E-state index in [1.54, 1.807) is 0 Å². The van der Waals surface area contributed by atoms with E-state index in [9.17, 15) is 4.79 Å². The van der Waals surface area contributed by atoms with E-state index in [0.717, 1.165) is 64.8 Å². The molecule has 4 nitrogen and oxygen atoms in total. The SMILES string of the molecule is CCCCC.O=C(C1CCC(NC2CCOCC2)C1)N1CCc2ccc(-c3ccccc3)cc2C1. The van der Waals surface area contributed by atoms with Gasteiger partial charge in [-0.1, -0.05) is 75.6 Å². The summed E-state index contributed by atoms with van der Waals surface area (Å²) in [5, 5.41) is 3.80. The van der Waals surface area contributed by atoms with Crippen LogP contribution in [0.1, 0.15) is 76.3 Å². The molecular formula is C31H44N2O2. The number of fused-ring (bicyclic) bond motifs is 1. The number of nitrogens with one attached hydrogen (secondary N) is 1. The maximum Gasteiger partial charge on any atom is 0.226 e. The van der Waals surface area contributed by atoms with Crippen LogP contribution in [0, 0.1) is 5.92 Å². The number of hydrogen-bond donors (Lipinski definition) is 1. The number of unbranched alkanes of at least 4 members (excludes halogenated alkanes) is 2. The van der Waals surface area contributed by atoms with Crippen molar-refractivity contribution in [3.05, 3.63) is 59.7 Å². The molecule has 1 saturated heterocycles. The highest BCUT2D eigenvalue weighted by molar-refractivity contribution is 5.79. The molecule has 2 aliphatic heterocycles. The number of carbonyl (C=O) groups is 1. The molecule has 2 fully saturated rings. The number of rotatable bonds is 6. The first-order valence-corrected chi connectivity index (χ1v) is 14.0. The van der Waals surface area contributed by atoms with Crippen molar-refractivity contribution in [1.29, 1.82) is 0 Å². The van der Waals surface area contributed by atoms with Crippen molar-refractivity contribution in [2.45, 2.75) is 90.3 Å². The Morgan fingerprint density at radius 1 is 0.914 bits per heavy atom. The maximum absolute atomic E-state index is 13.3. The van der Waals surface area contributed by atoms with Gasteiger partial charge >= 0.3 is 0 Å². The van der Waals surface area contributed by atoms with Crippen LogP contribution < -0.4 is 5.32 Å². The molecule has 0 bridgehead atoms. The highest BCUT2D eigenvalue weighted by Gasteiger charge is 2.34. The summed E-state index contributed by atoms with van der Waals surface area (Å²) in [4.78, 5) is 15.4. The fourth-order valence-electron chi connectivity index (χ4n) is 5.72. The van der Waals surface area contributed by atoms with Crippen LogP contribution in [0.2, 0.25) is 0 Å². The fraction of sp³-hybridized carbons (Fsp3) is 0.581. The topological polar surface area (TPSA) is 41.6 Å². The summed E-state index contributed by atoms with van der Waals surface area (Å²) >= 11 is 0. The van der Waals surface area contributed by atoms with Crippen molar-refractivity contribution in [3.63, 3.8) is 0 Å². The molecule has 4 heteroatoms. The monoisotopic (exact) mass is 476 g/mol. The van der Waals surface area contributed by atoms with Gasteiger partial charge in [-0.25, -0.2) is 0 Å². The number of hydrogen-bond acceptors (Lipinski definition) is 3. The normalized spacial score (nSPS) is 22.3. The van der Waals surface area contributed by atoms with E-state index in [2.05, 4.69) is 66.5 Å². The van der Waals surface area contributed by atoms with Gasteiger partial charge in [-0.15, -0.1) is 0 Å². The van der Waals surface area contributed by atoms with Crippen molar-refractivity contribution in [3.8, 4) is 11.1 Å². The molecule has 0 radical (unpaired) electrons. The van der Waals surface area contributed by atoms with E-state index < -0.39 is 0 Å². The minimum atomic E-state index is 0.182. The Labute approximate surface area is 212 Å². The van der Waals surface area contributed by atoms with Crippen LogP contribution in [0.3, 0.4) is 0 Å². The molecule has 3 aliphatic rings. The van der Waals surface area contributed by atoms with Gasteiger partial charge in [-0.3, -0.25) is 4.79 Å². The Morgan fingerprint density at radius 2 is 1.69 bits per heavy atom. The molecule has 1 saturated carbocycles. The third-order valence-corrected chi connectivity index (χ3v) is 7.82. The molecule has 5 rings (SSSR count). The first kappa shape index (κ1) is 25.9. The maximum atomic E-state index is 13.3. The second-order valence-electron chi connectivity index (χ2n) is 10.5. The molecular weight excluding hydrogens is 432 g/mol. The Hall–Kier alpha value is -2.17. The third-order valence-electron chi connectivity index (χ3n) is 7.82. The lowest BCUT2D eigenvalue weighted by molar-refractivity contribution is -0.136. The fourth-order valence-corrected chi connectivity index (χ4v) is 5.72. The molecule has 2 aromatic carbocycles. The summed E-state index contributed by atoms with van der Waals surface area (Å²) < 4.78 is 5.47. The summed E-state index contributed by atoms with van der Waals surface area (Å²) in [6.07, 6.45) is 10.4. The molecule has 2 atom stereocenters. The van der Waals surface area contributed by atoms with E-state index >= 15 is 0 Å². The molecule has 0 spiro atoms. The van der Waals surface area contributed by atoms with Crippen molar-refractivity contribution >= 4 is 5.91 Å². The molecule has 2 aromatic rings. The first-order valence-electron chi connectivity index (χ1n) is 14.0. The predicted octanol–water partition coefficient (Wildman–Crippen LogP) is 6.37. The molecule has 190 valence electrons. The van der Waals surface area contributed by atoms with Gasteiger partial charge in [-0.2, -0.15) is 0 Å². The van der Waals surface area contributed by atoms with Crippen molar-refractivity contribution in [1.82, 2.24) is 10.2 Å². The lowest BCUT2D eigenvalue weighted by Gasteiger charge is -2.31. The predicted molar refractivity (Wildman–Crippen MR) is 144 cm³/mol. The van der Waals surface area contributed by atoms with Crippen LogP contribution in [0.25, 0.3) is 11.1 Å². The van der Waals surface area contributed by atoms with Crippen molar-refractivity contribution in [2.24, 2.45) is 5.92 Å². The number of amides is 1. The molecule has 35 heavy (non-hydrogen) atoms. The highest BCUT2D eigenvalue weighted by Crippen LogP contribution is 2.31. The summed E-state index contributed by atoms with van der Waals surface area (Å²) in [5.41, 5.74) is 5.18. The second kappa shape index (κ2) is 13.2. The lowest BCUT2D eigenvalue weighted by Crippen LogP contribution is -2.42. The van der Waals surface area contributed by atoms with Crippen LogP contribution in [0.4, 0.5) is 0 Å². The van der Waals surface area contributed by atoms with Crippen LogP contribution in [-0.4, -0.2) is 42.6 Å². The minimum Gasteiger partial charge on any atom is -0.381 e. The van der Waals surface area contributed by atoms with E-state index in [0.29, 0.717) is 18.0 Å². The highest BCUT2D eigenvalue weighted by atomic mass is 16.5. The van der Waals surface area contributed by atoms with Gasteiger partial charge in [0.25, 0.3) is 0 Å². The first-order chi connectivity index (χ1) is 17.2. The smallest absolute Gasteiger partial charge is 0.226 e. The van der Waals surface area contributed by atoms with Crippen LogP contribution in [0.5, 0.6) is 0 Å². The molecule has 1 N–H and O–H groups in total. The average Bonchev–Trinajstić information content (AvgIpc) is 3.38. The number of ether oxygens (including phenoxy) is 1. The molecule has 2 unspecified atom stereocenters. The van der Waals surface area contributed by atoms with Gasteiger partial charge in [0.15, 0.2) is 0 Å². The van der Waals surface area contributed by atoms with E-state index in [-0.39, 0.29) is 5.92 Å². The zero-order chi connectivity index (χ0) is 24.5. The van der Waals surface area contributed by atoms with Crippen molar-refractivity contribution in [2.75, 3.05) is 19.8 Å². The van der Waals surface area contributed by atoms with Crippen LogP contribution in [-0.2, 0) is 22.5 Å². The average molecular weight is 477 g/mol. The van der Waals surface area contributed by atoms with E-state index in [1.807, 2.05) is 6.07 Å². The van der Waals surface area contributed by atoms with Gasteiger partial charge in [0, 0.05) is 44.3 Å². The summed E-state index contributed by atoms with van der Waals surface area (Å²) in [5.74, 6) is 0.545. The molecule has 2 heterocycles. The third kappa shape index (κ3) is 7.17. The van der Waals surface area contributed by atoms with E-state index in [4.69, 9.17) is 4.74 Å². The Morgan fingerprint density at radius 3 is 2.40 bits per heavy atom. The quantitative estimate of drug-likeness (QED) is 0.526. The summed E-state index contributed by atoms with van der Waals surface area (Å²) in [6, 6.07) is 18.3. The summed E-state index contributed by atoms with van der Waals surface area (Å²) in [7, 11) is 0. The van der Waals surface area contributed by atoms with Gasteiger partial charge in [0.1, 0.15) is 0 Å². The van der Waals surface area contributed by atoms with Crippen molar-refractivity contribution < 1.29 is 9.53 Å². The number of nitrogens with zero attached hydrogens (tertiary/aromatic N) is 1. The minimum absolute atomic E-state index is 0.182. The number of carbonyl (C=O) groups excluding carboxylic acids is 1. The number of benzene rings is 2. The zero-order valence-corrected chi connectivity index (χ0v) is 21.8. The van der Waals surface area contributed by atoms with Gasteiger partial charge in [-0.05, 0) is 66.8 Å². The Kier molecular flexibility index (Phi) is 9.79. The van der Waals surface area contributed by atoms with Gasteiger partial charge in [0.05, 0.1) is 0 Å². The van der Waals surface area contributed by atoms with Gasteiger partial charge in [0.2, 0.25) is 5.91 Å². The molecule has 0 aromatic heterocycles. The van der Waals surface area contributed by atoms with Crippen LogP contribution in [0.15, 0.2) is 48.5 Å². The standard InChI is InChI=1S/C26H32N2O2.C5H12/c29-26(22-8-9-25(17-22)27-24-11-14-30-15-12-24)28-13-10-20-6-7-21(16-23(20)18-28)19-4-2-1-3-5-19;1-3-5-4-2/h1-7,16,22,24-25,27H,8-15,17-18H2;3-5H2,1-2H3. The zero-order valence-electron chi connectivity index (χ0n) is 21.8. The lowest BCUT2D eigenvalue weighted by atomic mass is 9.94. The summed E-state index contributed by atoms with van der Waals surface area (Å²) in [6.45, 7) is 7.76. The van der Waals surface area contributed by atoms with Gasteiger partial charge < -0.3 is 15.0 Å². The Bertz CT molecular complexity index is 921. The van der Waals surface area contributed by atoms with Crippen LogP contribution >= 0.6 is 0 Å². The molecule has 1 aliphatic carbocycles.